The first kappa shape index (κ1) is 6.72. The van der Waals surface area contributed by atoms with Crippen LogP contribution >= 0.6 is 0 Å². The van der Waals surface area contributed by atoms with Crippen molar-refractivity contribution in [1.29, 1.82) is 0 Å². The largest absolute Gasteiger partial charge is 0.408 e. The molecule has 2 rings (SSSR count). The molecule has 2 saturated heterocycles. The Hall–Kier alpha value is -0.970. The second kappa shape index (κ2) is 2.27. The van der Waals surface area contributed by atoms with Crippen molar-refractivity contribution in [2.75, 3.05) is 13.2 Å². The molecule has 2 fully saturated rings. The van der Waals surface area contributed by atoms with Crippen LogP contribution in [0.4, 0.5) is 0 Å². The van der Waals surface area contributed by atoms with Crippen LogP contribution in [0, 0.1) is 0 Å². The van der Waals surface area contributed by atoms with Gasteiger partial charge in [-0.05, 0) is 6.42 Å². The number of fused-ring (bicyclic) bond motifs is 2. The first-order chi connectivity index (χ1) is 5.31. The zero-order valence-electron chi connectivity index (χ0n) is 6.10. The van der Waals surface area contributed by atoms with E-state index in [1.54, 1.807) is 0 Å². The van der Waals surface area contributed by atoms with E-state index < -0.39 is 0 Å². The van der Waals surface area contributed by atoms with Crippen LogP contribution in [0.15, 0.2) is 5.16 Å². The number of nitrogens with two attached hydrogens (primary N) is 1. The van der Waals surface area contributed by atoms with Crippen LogP contribution in [0.5, 0.6) is 0 Å². The number of likely N-dealkylation sites (tertiary alicyclic amines) is 1. The number of hydrogen-bond donors (Lipinski definition) is 2. The number of guanidine groups is 1. The summed E-state index contributed by atoms with van der Waals surface area (Å²) in [6, 6.07) is 0.330. The van der Waals surface area contributed by atoms with Crippen molar-refractivity contribution in [3.8, 4) is 0 Å². The van der Waals surface area contributed by atoms with Crippen molar-refractivity contribution in [3.05, 3.63) is 0 Å². The van der Waals surface area contributed by atoms with Crippen LogP contribution in [0.3, 0.4) is 0 Å². The fourth-order valence-electron chi connectivity index (χ4n) is 1.74. The lowest BCUT2D eigenvalue weighted by Gasteiger charge is -2.26. The molecule has 0 aromatic carbocycles. The highest BCUT2D eigenvalue weighted by Gasteiger charge is 2.40. The van der Waals surface area contributed by atoms with E-state index in [1.165, 1.54) is 0 Å². The molecule has 2 aliphatic rings. The molecule has 62 valence electrons. The first-order valence-electron chi connectivity index (χ1n) is 3.67. The summed E-state index contributed by atoms with van der Waals surface area (Å²) in [4.78, 5) is 1.88. The third kappa shape index (κ3) is 0.920. The molecule has 0 saturated carbocycles. The second-order valence-corrected chi connectivity index (χ2v) is 2.96. The molecule has 2 atom stereocenters. The molecule has 5 heteroatoms. The Labute approximate surface area is 64.4 Å². The highest BCUT2D eigenvalue weighted by Crippen LogP contribution is 2.26. The van der Waals surface area contributed by atoms with E-state index in [2.05, 4.69) is 5.16 Å². The Balaban J connectivity index is 2.08. The van der Waals surface area contributed by atoms with Crippen LogP contribution in [0.2, 0.25) is 0 Å². The van der Waals surface area contributed by atoms with Crippen LogP contribution in [-0.2, 0) is 4.74 Å². The molecule has 2 bridgehead atoms. The van der Waals surface area contributed by atoms with E-state index in [4.69, 9.17) is 15.7 Å². The van der Waals surface area contributed by atoms with Crippen molar-refractivity contribution >= 4 is 5.96 Å². The van der Waals surface area contributed by atoms with E-state index in [1.807, 2.05) is 4.90 Å². The molecule has 0 radical (unpaired) electrons. The third-order valence-electron chi connectivity index (χ3n) is 2.30. The predicted molar refractivity (Wildman–Crippen MR) is 38.3 cm³/mol. The summed E-state index contributed by atoms with van der Waals surface area (Å²) < 4.78 is 5.34. The second-order valence-electron chi connectivity index (χ2n) is 2.96. The molecule has 0 aromatic heterocycles. The van der Waals surface area contributed by atoms with Gasteiger partial charge in [0, 0.05) is 6.54 Å². The SMILES string of the molecule is N/C(=N\O)N1CC2CC1CO2. The summed E-state index contributed by atoms with van der Waals surface area (Å²) >= 11 is 0. The molecule has 3 N–H and O–H groups in total. The molecule has 2 heterocycles. The maximum atomic E-state index is 8.40. The van der Waals surface area contributed by atoms with Gasteiger partial charge in [-0.2, -0.15) is 0 Å². The van der Waals surface area contributed by atoms with Crippen molar-refractivity contribution < 1.29 is 9.94 Å². The van der Waals surface area contributed by atoms with E-state index >= 15 is 0 Å². The summed E-state index contributed by atoms with van der Waals surface area (Å²) in [5, 5.41) is 11.4. The van der Waals surface area contributed by atoms with Gasteiger partial charge in [0.15, 0.2) is 0 Å². The summed E-state index contributed by atoms with van der Waals surface area (Å²) in [5.74, 6) is 0.209. The quantitative estimate of drug-likeness (QED) is 0.208. The van der Waals surface area contributed by atoms with Gasteiger partial charge in [-0.15, -0.1) is 0 Å². The smallest absolute Gasteiger partial charge is 0.233 e. The summed E-state index contributed by atoms with van der Waals surface area (Å²) in [5.41, 5.74) is 5.44. The minimum absolute atomic E-state index is 0.209. The lowest BCUT2D eigenvalue weighted by molar-refractivity contribution is 0.0550. The molecule has 0 aliphatic carbocycles. The average molecular weight is 157 g/mol. The van der Waals surface area contributed by atoms with Gasteiger partial charge >= 0.3 is 0 Å². The molecular weight excluding hydrogens is 146 g/mol. The molecule has 5 nitrogen and oxygen atoms in total. The Morgan fingerprint density at radius 1 is 1.73 bits per heavy atom. The molecule has 0 spiro atoms. The van der Waals surface area contributed by atoms with Gasteiger partial charge in [-0.1, -0.05) is 5.16 Å². The molecule has 0 aromatic rings. The average Bonchev–Trinajstić information content (AvgIpc) is 2.62. The van der Waals surface area contributed by atoms with Gasteiger partial charge in [-0.3, -0.25) is 0 Å². The van der Waals surface area contributed by atoms with Gasteiger partial charge in [0.2, 0.25) is 5.96 Å². The Bertz CT molecular complexity index is 194. The summed E-state index contributed by atoms with van der Waals surface area (Å²) in [6.45, 7) is 1.47. The normalized spacial score (nSPS) is 36.7. The Morgan fingerprint density at radius 3 is 3.00 bits per heavy atom. The first-order valence-corrected chi connectivity index (χ1v) is 3.67. The minimum Gasteiger partial charge on any atom is -0.408 e. The van der Waals surface area contributed by atoms with Crippen LogP contribution in [0.25, 0.3) is 0 Å². The maximum absolute atomic E-state index is 8.40. The van der Waals surface area contributed by atoms with E-state index in [-0.39, 0.29) is 5.96 Å². The van der Waals surface area contributed by atoms with Crippen molar-refractivity contribution in [1.82, 2.24) is 4.90 Å². The fourth-order valence-corrected chi connectivity index (χ4v) is 1.74. The number of rotatable bonds is 0. The standard InChI is InChI=1S/C6H11N3O2/c7-6(8-10)9-2-5-1-4(9)3-11-5/h4-5,10H,1-3H2,(H2,7,8). The van der Waals surface area contributed by atoms with Crippen LogP contribution in [0.1, 0.15) is 6.42 Å². The molecule has 2 unspecified atom stereocenters. The summed E-state index contributed by atoms with van der Waals surface area (Å²) in [7, 11) is 0. The monoisotopic (exact) mass is 157 g/mol. The van der Waals surface area contributed by atoms with E-state index in [9.17, 15) is 0 Å². The van der Waals surface area contributed by atoms with Crippen molar-refractivity contribution in [3.63, 3.8) is 0 Å². The minimum atomic E-state index is 0.209. The van der Waals surface area contributed by atoms with Gasteiger partial charge < -0.3 is 20.6 Å². The fraction of sp³-hybridized carbons (Fsp3) is 0.833. The molecule has 2 aliphatic heterocycles. The van der Waals surface area contributed by atoms with Crippen LogP contribution < -0.4 is 5.73 Å². The highest BCUT2D eigenvalue weighted by atomic mass is 16.5. The molecular formula is C6H11N3O2. The van der Waals surface area contributed by atoms with Gasteiger partial charge in [0.1, 0.15) is 0 Å². The molecule has 11 heavy (non-hydrogen) atoms. The lowest BCUT2D eigenvalue weighted by Crippen LogP contribution is -2.45. The van der Waals surface area contributed by atoms with Crippen LogP contribution in [-0.4, -0.2) is 41.4 Å². The number of ether oxygens (including phenoxy) is 1. The Kier molecular flexibility index (Phi) is 1.38. The topological polar surface area (TPSA) is 71.1 Å². The van der Waals surface area contributed by atoms with Gasteiger partial charge in [-0.25, -0.2) is 0 Å². The lowest BCUT2D eigenvalue weighted by atomic mass is 10.2. The number of hydrogen-bond acceptors (Lipinski definition) is 3. The Morgan fingerprint density at radius 2 is 2.55 bits per heavy atom. The number of nitrogens with zero attached hydrogens (tertiary/aromatic N) is 2. The zero-order valence-corrected chi connectivity index (χ0v) is 6.10. The number of oxime groups is 1. The summed E-state index contributed by atoms with van der Waals surface area (Å²) in [6.07, 6.45) is 1.30. The highest BCUT2D eigenvalue weighted by molar-refractivity contribution is 5.78. The molecule has 0 amide bonds. The van der Waals surface area contributed by atoms with E-state index in [0.29, 0.717) is 18.8 Å². The predicted octanol–water partition coefficient (Wildman–Crippen LogP) is -0.837. The van der Waals surface area contributed by atoms with Gasteiger partial charge in [0.05, 0.1) is 18.8 Å². The van der Waals surface area contributed by atoms with Gasteiger partial charge in [0.25, 0.3) is 0 Å². The van der Waals surface area contributed by atoms with Crippen molar-refractivity contribution in [2.45, 2.75) is 18.6 Å². The maximum Gasteiger partial charge on any atom is 0.233 e. The zero-order chi connectivity index (χ0) is 7.84. The van der Waals surface area contributed by atoms with Crippen molar-refractivity contribution in [2.24, 2.45) is 10.9 Å². The third-order valence-corrected chi connectivity index (χ3v) is 2.30. The number of morpholine rings is 1. The van der Waals surface area contributed by atoms with E-state index in [0.717, 1.165) is 13.0 Å².